The molecule has 0 aliphatic carbocycles. The van der Waals surface area contributed by atoms with E-state index in [0.29, 0.717) is 13.2 Å². The molecular weight excluding hydrogens is 504 g/mol. The molecule has 0 radical (unpaired) electrons. The third-order valence-corrected chi connectivity index (χ3v) is 8.13. The molecule has 222 valence electrons. The van der Waals surface area contributed by atoms with Crippen molar-refractivity contribution in [1.82, 2.24) is 19.6 Å². The fourth-order valence-corrected chi connectivity index (χ4v) is 5.43. The van der Waals surface area contributed by atoms with Gasteiger partial charge < -0.3 is 38.5 Å². The van der Waals surface area contributed by atoms with E-state index in [1.807, 2.05) is 12.1 Å². The van der Waals surface area contributed by atoms with Gasteiger partial charge in [0.15, 0.2) is 23.0 Å². The molecule has 0 N–H and O–H groups in total. The van der Waals surface area contributed by atoms with Gasteiger partial charge in [-0.15, -0.1) is 0 Å². The van der Waals surface area contributed by atoms with Crippen molar-refractivity contribution >= 4 is 0 Å². The molecule has 8 heteroatoms. The number of methoxy groups -OCH3 is 2. The Bertz CT molecular complexity index is 938. The van der Waals surface area contributed by atoms with Crippen LogP contribution in [0, 0.1) is 0 Å². The molecule has 8 nitrogen and oxygen atoms in total. The standard InChI is InChI=1S/C32H50N4O4/c1-33-15-19-35(20-16-33)13-5-7-27-9-11-29(31(25-27)37-3)39-23-24-40-30-12-10-28(26-32(30)38-4)8-6-14-36-21-17-34(2)18-22-36/h9-12,25-26H,5-8,13-24H2,1-4H3. The molecule has 0 atom stereocenters. The first-order valence-corrected chi connectivity index (χ1v) is 15.0. The van der Waals surface area contributed by atoms with Crippen LogP contribution in [0.1, 0.15) is 24.0 Å². The fourth-order valence-electron chi connectivity index (χ4n) is 5.43. The largest absolute Gasteiger partial charge is 0.493 e. The number of benzene rings is 2. The number of ether oxygens (including phenoxy) is 4. The predicted molar refractivity (Wildman–Crippen MR) is 161 cm³/mol. The lowest BCUT2D eigenvalue weighted by Crippen LogP contribution is -2.44. The molecule has 0 unspecified atom stereocenters. The Morgan fingerprint density at radius 3 is 1.32 bits per heavy atom. The molecule has 2 fully saturated rings. The number of likely N-dealkylation sites (N-methyl/N-ethyl adjacent to an activating group) is 2. The second kappa shape index (κ2) is 16.1. The topological polar surface area (TPSA) is 49.9 Å². The zero-order valence-electron chi connectivity index (χ0n) is 25.2. The zero-order valence-corrected chi connectivity index (χ0v) is 25.2. The summed E-state index contributed by atoms with van der Waals surface area (Å²) in [7, 11) is 7.80. The first-order valence-electron chi connectivity index (χ1n) is 15.0. The van der Waals surface area contributed by atoms with Gasteiger partial charge in [-0.2, -0.15) is 0 Å². The van der Waals surface area contributed by atoms with Crippen LogP contribution in [0.3, 0.4) is 0 Å². The van der Waals surface area contributed by atoms with Gasteiger partial charge in [0.25, 0.3) is 0 Å². The third kappa shape index (κ3) is 9.54. The van der Waals surface area contributed by atoms with Gasteiger partial charge in [-0.1, -0.05) is 12.1 Å². The normalized spacial score (nSPS) is 17.6. The second-order valence-electron chi connectivity index (χ2n) is 11.2. The number of piperazine rings is 2. The van der Waals surface area contributed by atoms with Crippen LogP contribution < -0.4 is 18.9 Å². The lowest BCUT2D eigenvalue weighted by atomic mass is 10.1. The highest BCUT2D eigenvalue weighted by atomic mass is 16.5. The van der Waals surface area contributed by atoms with Crippen LogP contribution in [-0.2, 0) is 12.8 Å². The van der Waals surface area contributed by atoms with Crippen LogP contribution in [0.4, 0.5) is 0 Å². The van der Waals surface area contributed by atoms with E-state index in [-0.39, 0.29) is 0 Å². The van der Waals surface area contributed by atoms with Gasteiger partial charge in [0.2, 0.25) is 0 Å². The molecule has 2 saturated heterocycles. The third-order valence-electron chi connectivity index (χ3n) is 8.13. The number of nitrogens with zero attached hydrogens (tertiary/aromatic N) is 4. The van der Waals surface area contributed by atoms with Gasteiger partial charge in [-0.05, 0) is 88.3 Å². The van der Waals surface area contributed by atoms with Gasteiger partial charge in [0.05, 0.1) is 14.2 Å². The zero-order chi connectivity index (χ0) is 28.2. The van der Waals surface area contributed by atoms with Crippen LogP contribution in [-0.4, -0.2) is 127 Å². The van der Waals surface area contributed by atoms with Crippen LogP contribution in [0.15, 0.2) is 36.4 Å². The summed E-state index contributed by atoms with van der Waals surface area (Å²) < 4.78 is 23.3. The first-order chi connectivity index (χ1) is 19.5. The Kier molecular flexibility index (Phi) is 12.2. The second-order valence-corrected chi connectivity index (χ2v) is 11.2. The quantitative estimate of drug-likeness (QED) is 0.310. The van der Waals surface area contributed by atoms with E-state index >= 15 is 0 Å². The molecule has 2 aliphatic heterocycles. The van der Waals surface area contributed by atoms with Crippen molar-refractivity contribution in [2.45, 2.75) is 25.7 Å². The van der Waals surface area contributed by atoms with E-state index in [0.717, 1.165) is 61.8 Å². The van der Waals surface area contributed by atoms with Crippen LogP contribution >= 0.6 is 0 Å². The highest BCUT2D eigenvalue weighted by Crippen LogP contribution is 2.30. The van der Waals surface area contributed by atoms with E-state index in [9.17, 15) is 0 Å². The van der Waals surface area contributed by atoms with Crippen molar-refractivity contribution in [3.63, 3.8) is 0 Å². The predicted octanol–water partition coefficient (Wildman–Crippen LogP) is 3.52. The summed E-state index contributed by atoms with van der Waals surface area (Å²) in [4.78, 5) is 9.92. The van der Waals surface area contributed by atoms with Crippen molar-refractivity contribution in [3.8, 4) is 23.0 Å². The molecule has 0 amide bonds. The molecule has 2 heterocycles. The molecule has 40 heavy (non-hydrogen) atoms. The fraction of sp³-hybridized carbons (Fsp3) is 0.625. The van der Waals surface area contributed by atoms with E-state index in [1.54, 1.807) is 14.2 Å². The molecule has 2 aliphatic rings. The van der Waals surface area contributed by atoms with Gasteiger partial charge in [-0.3, -0.25) is 0 Å². The summed E-state index contributed by atoms with van der Waals surface area (Å²) in [5.74, 6) is 3.04. The van der Waals surface area contributed by atoms with E-state index in [4.69, 9.17) is 18.9 Å². The number of hydrogen-bond acceptors (Lipinski definition) is 8. The Morgan fingerprint density at radius 1 is 0.550 bits per heavy atom. The molecule has 0 saturated carbocycles. The molecule has 2 aromatic rings. The van der Waals surface area contributed by atoms with E-state index in [1.165, 1.54) is 63.5 Å². The van der Waals surface area contributed by atoms with Crippen LogP contribution in [0.25, 0.3) is 0 Å². The minimum absolute atomic E-state index is 0.426. The van der Waals surface area contributed by atoms with Crippen molar-refractivity contribution in [1.29, 1.82) is 0 Å². The van der Waals surface area contributed by atoms with E-state index in [2.05, 4.69) is 58.0 Å². The number of hydrogen-bond donors (Lipinski definition) is 0. The Labute approximate surface area is 241 Å². The van der Waals surface area contributed by atoms with Gasteiger partial charge in [0.1, 0.15) is 13.2 Å². The van der Waals surface area contributed by atoms with Crippen molar-refractivity contribution in [3.05, 3.63) is 47.5 Å². The monoisotopic (exact) mass is 554 g/mol. The number of aryl methyl sites for hydroxylation is 2. The summed E-state index contributed by atoms with van der Waals surface area (Å²) >= 11 is 0. The summed E-state index contributed by atoms with van der Waals surface area (Å²) in [5, 5.41) is 0. The molecular formula is C32H50N4O4. The molecule has 4 rings (SSSR count). The lowest BCUT2D eigenvalue weighted by Gasteiger charge is -2.32. The lowest BCUT2D eigenvalue weighted by molar-refractivity contribution is 0.153. The maximum atomic E-state index is 6.02. The maximum Gasteiger partial charge on any atom is 0.161 e. The minimum Gasteiger partial charge on any atom is -0.493 e. The molecule has 2 aromatic carbocycles. The average molecular weight is 555 g/mol. The van der Waals surface area contributed by atoms with Crippen molar-refractivity contribution in [2.24, 2.45) is 0 Å². The van der Waals surface area contributed by atoms with Crippen LogP contribution in [0.5, 0.6) is 23.0 Å². The molecule has 0 spiro atoms. The van der Waals surface area contributed by atoms with Gasteiger partial charge >= 0.3 is 0 Å². The van der Waals surface area contributed by atoms with Gasteiger partial charge in [0, 0.05) is 52.4 Å². The summed E-state index contributed by atoms with van der Waals surface area (Å²) in [6, 6.07) is 12.5. The van der Waals surface area contributed by atoms with Crippen molar-refractivity contribution < 1.29 is 18.9 Å². The molecule has 0 bridgehead atoms. The highest BCUT2D eigenvalue weighted by molar-refractivity contribution is 5.44. The Hall–Kier alpha value is -2.52. The SMILES string of the molecule is COc1cc(CCCN2CCN(C)CC2)ccc1OCCOc1ccc(CCCN2CCN(C)CC2)cc1OC. The molecule has 0 aromatic heterocycles. The van der Waals surface area contributed by atoms with E-state index < -0.39 is 0 Å². The highest BCUT2D eigenvalue weighted by Gasteiger charge is 2.15. The number of rotatable bonds is 15. The van der Waals surface area contributed by atoms with Gasteiger partial charge in [-0.25, -0.2) is 0 Å². The minimum atomic E-state index is 0.426. The maximum absolute atomic E-state index is 6.02. The first kappa shape index (κ1) is 30.4. The summed E-state index contributed by atoms with van der Waals surface area (Å²) in [6.07, 6.45) is 4.38. The Morgan fingerprint density at radius 2 is 0.950 bits per heavy atom. The van der Waals surface area contributed by atoms with Crippen LogP contribution in [0.2, 0.25) is 0 Å². The Balaban J connectivity index is 1.17. The summed E-state index contributed by atoms with van der Waals surface area (Å²) in [5.41, 5.74) is 2.56. The smallest absolute Gasteiger partial charge is 0.161 e. The average Bonchev–Trinajstić information content (AvgIpc) is 2.98. The summed E-state index contributed by atoms with van der Waals surface area (Å²) in [6.45, 7) is 12.5. The van der Waals surface area contributed by atoms with Crippen molar-refractivity contribution in [2.75, 3.05) is 107 Å².